The fraction of sp³-hybridized carbons (Fsp3) is 0.111. The normalized spacial score (nSPS) is 12.6. The molecule has 126 valence electrons. The fourth-order valence-corrected chi connectivity index (χ4v) is 3.36. The van der Waals surface area contributed by atoms with E-state index in [1.807, 2.05) is 23.6 Å². The quantitative estimate of drug-likeness (QED) is 0.760. The van der Waals surface area contributed by atoms with E-state index in [2.05, 4.69) is 10.3 Å². The highest BCUT2D eigenvalue weighted by atomic mass is 32.1. The number of hydrogen-bond donors (Lipinski definition) is 1. The first-order chi connectivity index (χ1) is 12.1. The van der Waals surface area contributed by atoms with Gasteiger partial charge >= 0.3 is 0 Å². The van der Waals surface area contributed by atoms with E-state index >= 15 is 0 Å². The van der Waals surface area contributed by atoms with Gasteiger partial charge in [0.25, 0.3) is 5.91 Å². The van der Waals surface area contributed by atoms with Crippen LogP contribution in [0.3, 0.4) is 0 Å². The van der Waals surface area contributed by atoms with Crippen LogP contribution >= 0.6 is 11.3 Å². The minimum atomic E-state index is -0.909. The lowest BCUT2D eigenvalue weighted by molar-refractivity contribution is 0.102. The Kier molecular flexibility index (Phi) is 3.93. The SMILES string of the molecule is O=C(Nc1nc(-c2ccc3c(c2)CCO3)cs1)c1ccc(F)cc1F. The number of benzene rings is 2. The summed E-state index contributed by atoms with van der Waals surface area (Å²) in [5, 5.41) is 4.70. The molecule has 0 atom stereocenters. The molecule has 25 heavy (non-hydrogen) atoms. The lowest BCUT2D eigenvalue weighted by atomic mass is 10.1. The molecule has 2 aromatic carbocycles. The van der Waals surface area contributed by atoms with Gasteiger partial charge in [-0.2, -0.15) is 0 Å². The number of halogens is 2. The predicted octanol–water partition coefficient (Wildman–Crippen LogP) is 4.28. The summed E-state index contributed by atoms with van der Waals surface area (Å²) in [6.45, 7) is 0.681. The molecule has 7 heteroatoms. The van der Waals surface area contributed by atoms with Gasteiger partial charge in [0.2, 0.25) is 0 Å². The molecule has 0 fully saturated rings. The average Bonchev–Trinajstić information content (AvgIpc) is 3.22. The van der Waals surface area contributed by atoms with Crippen molar-refractivity contribution in [1.82, 2.24) is 4.98 Å². The smallest absolute Gasteiger partial charge is 0.260 e. The number of nitrogens with zero attached hydrogens (tertiary/aromatic N) is 1. The second-order valence-electron chi connectivity index (χ2n) is 5.54. The van der Waals surface area contributed by atoms with Gasteiger partial charge in [-0.15, -0.1) is 11.3 Å². The highest BCUT2D eigenvalue weighted by Gasteiger charge is 2.16. The molecule has 2 heterocycles. The second kappa shape index (κ2) is 6.25. The Morgan fingerprint density at radius 3 is 2.92 bits per heavy atom. The molecule has 1 aliphatic heterocycles. The first-order valence-corrected chi connectivity index (χ1v) is 8.46. The molecule has 4 rings (SSSR count). The maximum Gasteiger partial charge on any atom is 0.260 e. The monoisotopic (exact) mass is 358 g/mol. The Morgan fingerprint density at radius 1 is 1.20 bits per heavy atom. The molecule has 0 aliphatic carbocycles. The average molecular weight is 358 g/mol. The highest BCUT2D eigenvalue weighted by Crippen LogP contribution is 2.32. The van der Waals surface area contributed by atoms with E-state index in [1.54, 1.807) is 0 Å². The number of carbonyl (C=O) groups excluding carboxylic acids is 1. The lowest BCUT2D eigenvalue weighted by Crippen LogP contribution is -2.13. The van der Waals surface area contributed by atoms with Gasteiger partial charge < -0.3 is 4.74 Å². The summed E-state index contributed by atoms with van der Waals surface area (Å²) in [6.07, 6.45) is 0.862. The van der Waals surface area contributed by atoms with E-state index in [0.29, 0.717) is 17.8 Å². The van der Waals surface area contributed by atoms with Crippen molar-refractivity contribution < 1.29 is 18.3 Å². The van der Waals surface area contributed by atoms with Crippen LogP contribution in [-0.2, 0) is 6.42 Å². The van der Waals surface area contributed by atoms with Crippen molar-refractivity contribution in [2.24, 2.45) is 0 Å². The maximum atomic E-state index is 13.7. The number of ether oxygens (including phenoxy) is 1. The van der Waals surface area contributed by atoms with Crippen molar-refractivity contribution in [1.29, 1.82) is 0 Å². The van der Waals surface area contributed by atoms with Gasteiger partial charge in [-0.1, -0.05) is 0 Å². The topological polar surface area (TPSA) is 51.2 Å². The van der Waals surface area contributed by atoms with Crippen LogP contribution in [0, 0.1) is 11.6 Å². The number of anilines is 1. The summed E-state index contributed by atoms with van der Waals surface area (Å²) in [5.41, 5.74) is 2.54. The van der Waals surface area contributed by atoms with Gasteiger partial charge in [-0.25, -0.2) is 13.8 Å². The first kappa shape index (κ1) is 15.7. The van der Waals surface area contributed by atoms with Gasteiger partial charge in [0, 0.05) is 23.4 Å². The number of hydrogen-bond acceptors (Lipinski definition) is 4. The number of rotatable bonds is 3. The van der Waals surface area contributed by atoms with Crippen LogP contribution in [0.2, 0.25) is 0 Å². The zero-order valence-electron chi connectivity index (χ0n) is 12.9. The Labute approximate surface area is 146 Å². The summed E-state index contributed by atoms with van der Waals surface area (Å²) in [4.78, 5) is 16.5. The summed E-state index contributed by atoms with van der Waals surface area (Å²) in [6, 6.07) is 8.65. The molecular formula is C18H12F2N2O2S. The molecule has 4 nitrogen and oxygen atoms in total. The van der Waals surface area contributed by atoms with Crippen LogP contribution in [0.1, 0.15) is 15.9 Å². The Bertz CT molecular complexity index is 971. The molecule has 3 aromatic rings. The van der Waals surface area contributed by atoms with E-state index in [0.717, 1.165) is 41.1 Å². The largest absolute Gasteiger partial charge is 0.493 e. The third-order valence-corrected chi connectivity index (χ3v) is 4.64. The number of amides is 1. The van der Waals surface area contributed by atoms with Crippen molar-refractivity contribution in [3.05, 3.63) is 64.5 Å². The summed E-state index contributed by atoms with van der Waals surface area (Å²) in [5.74, 6) is -1.42. The molecule has 0 saturated heterocycles. The second-order valence-corrected chi connectivity index (χ2v) is 6.40. The van der Waals surface area contributed by atoms with Gasteiger partial charge in [-0.3, -0.25) is 10.1 Å². The Morgan fingerprint density at radius 2 is 2.08 bits per heavy atom. The lowest BCUT2D eigenvalue weighted by Gasteiger charge is -2.03. The van der Waals surface area contributed by atoms with Crippen LogP contribution in [0.25, 0.3) is 11.3 Å². The van der Waals surface area contributed by atoms with Crippen molar-refractivity contribution in [3.63, 3.8) is 0 Å². The van der Waals surface area contributed by atoms with E-state index < -0.39 is 17.5 Å². The number of carbonyl (C=O) groups is 1. The van der Waals surface area contributed by atoms with Crippen molar-refractivity contribution in [2.45, 2.75) is 6.42 Å². The molecule has 1 amide bonds. The third kappa shape index (κ3) is 3.10. The molecule has 0 radical (unpaired) electrons. The zero-order chi connectivity index (χ0) is 17.4. The third-order valence-electron chi connectivity index (χ3n) is 3.89. The molecule has 0 saturated carbocycles. The summed E-state index contributed by atoms with van der Waals surface area (Å²) in [7, 11) is 0. The van der Waals surface area contributed by atoms with Crippen molar-refractivity contribution in [2.75, 3.05) is 11.9 Å². The van der Waals surface area contributed by atoms with Gasteiger partial charge in [0.15, 0.2) is 5.13 Å². The summed E-state index contributed by atoms with van der Waals surface area (Å²) >= 11 is 1.24. The van der Waals surface area contributed by atoms with Crippen molar-refractivity contribution in [3.8, 4) is 17.0 Å². The summed E-state index contributed by atoms with van der Waals surface area (Å²) < 4.78 is 32.1. The number of aromatic nitrogens is 1. The van der Waals surface area contributed by atoms with E-state index in [9.17, 15) is 13.6 Å². The van der Waals surface area contributed by atoms with E-state index in [1.165, 1.54) is 11.3 Å². The van der Waals surface area contributed by atoms with Gasteiger partial charge in [0.1, 0.15) is 17.4 Å². The molecular weight excluding hydrogens is 346 g/mol. The molecule has 1 aliphatic rings. The Balaban J connectivity index is 1.54. The van der Waals surface area contributed by atoms with Gasteiger partial charge in [-0.05, 0) is 35.9 Å². The zero-order valence-corrected chi connectivity index (χ0v) is 13.7. The highest BCUT2D eigenvalue weighted by molar-refractivity contribution is 7.14. The van der Waals surface area contributed by atoms with Gasteiger partial charge in [0.05, 0.1) is 17.9 Å². The molecule has 0 bridgehead atoms. The number of nitrogens with one attached hydrogen (secondary N) is 1. The van der Waals surface area contributed by atoms with E-state index in [-0.39, 0.29) is 5.56 Å². The van der Waals surface area contributed by atoms with Crippen LogP contribution < -0.4 is 10.1 Å². The standard InChI is InChI=1S/C18H12F2N2O2S/c19-12-2-3-13(14(20)8-12)17(23)22-18-21-15(9-25-18)10-1-4-16-11(7-10)5-6-24-16/h1-4,7-9H,5-6H2,(H,21,22,23). The maximum absolute atomic E-state index is 13.7. The molecule has 1 aromatic heterocycles. The minimum Gasteiger partial charge on any atom is -0.493 e. The first-order valence-electron chi connectivity index (χ1n) is 7.58. The predicted molar refractivity (Wildman–Crippen MR) is 91.1 cm³/mol. The van der Waals surface area contributed by atoms with Crippen LogP contribution in [0.4, 0.5) is 13.9 Å². The number of fused-ring (bicyclic) bond motifs is 1. The van der Waals surface area contributed by atoms with Crippen LogP contribution in [-0.4, -0.2) is 17.5 Å². The fourth-order valence-electron chi connectivity index (χ4n) is 2.65. The molecule has 0 unspecified atom stereocenters. The molecule has 0 spiro atoms. The van der Waals surface area contributed by atoms with E-state index in [4.69, 9.17) is 4.74 Å². The van der Waals surface area contributed by atoms with Crippen LogP contribution in [0.5, 0.6) is 5.75 Å². The number of thiazole rings is 1. The van der Waals surface area contributed by atoms with Crippen LogP contribution in [0.15, 0.2) is 41.8 Å². The minimum absolute atomic E-state index is 0.229. The Hall–Kier alpha value is -2.80. The van der Waals surface area contributed by atoms with Crippen molar-refractivity contribution >= 4 is 22.4 Å². The molecule has 1 N–H and O–H groups in total.